The first-order valence-electron chi connectivity index (χ1n) is 10.6. The fourth-order valence-corrected chi connectivity index (χ4v) is 5.02. The Hall–Kier alpha value is -2.48. The molecule has 8 heteroatoms. The van der Waals surface area contributed by atoms with Crippen molar-refractivity contribution in [1.82, 2.24) is 9.88 Å². The number of aromatic amines is 1. The standard InChI is InChI=1S/C24H29N3O3S.ClH/c1-18-6-8-19(9-7-18)26-31(28,29)21-11-12-22(24(16-21)30-2)23-13-10-20(25-23)17-27-14-4-3-5-15-27;/h6-13,16,25-26H,3-5,14-15,17H2,1-2H3;1H. The number of nitrogens with one attached hydrogen (secondary N) is 2. The van der Waals surface area contributed by atoms with Crippen LogP contribution in [0.15, 0.2) is 59.5 Å². The van der Waals surface area contributed by atoms with Gasteiger partial charge in [0.1, 0.15) is 5.75 Å². The molecule has 1 saturated heterocycles. The SMILES string of the molecule is COc1cc(S(=O)(=O)Nc2ccc(C)cc2)ccc1-c1ccc(CN2CCCCC2)[nH]1.Cl. The molecule has 32 heavy (non-hydrogen) atoms. The summed E-state index contributed by atoms with van der Waals surface area (Å²) < 4.78 is 33.9. The molecule has 172 valence electrons. The van der Waals surface area contributed by atoms with E-state index >= 15 is 0 Å². The number of aryl methyl sites for hydroxylation is 1. The van der Waals surface area contributed by atoms with Crippen molar-refractivity contribution in [3.05, 3.63) is 65.9 Å². The van der Waals surface area contributed by atoms with Gasteiger partial charge in [0, 0.05) is 35.2 Å². The van der Waals surface area contributed by atoms with Crippen LogP contribution in [0.2, 0.25) is 0 Å². The van der Waals surface area contributed by atoms with E-state index in [-0.39, 0.29) is 17.3 Å². The topological polar surface area (TPSA) is 74.4 Å². The van der Waals surface area contributed by atoms with Gasteiger partial charge in [-0.3, -0.25) is 9.62 Å². The molecule has 6 nitrogen and oxygen atoms in total. The van der Waals surface area contributed by atoms with Gasteiger partial charge < -0.3 is 9.72 Å². The Morgan fingerprint density at radius 2 is 1.72 bits per heavy atom. The Morgan fingerprint density at radius 1 is 1.00 bits per heavy atom. The second-order valence-electron chi connectivity index (χ2n) is 8.07. The normalized spacial score (nSPS) is 14.6. The van der Waals surface area contributed by atoms with E-state index in [0.717, 1.165) is 42.1 Å². The number of nitrogens with zero attached hydrogens (tertiary/aromatic N) is 1. The second-order valence-corrected chi connectivity index (χ2v) is 9.75. The third-order valence-electron chi connectivity index (χ3n) is 5.67. The van der Waals surface area contributed by atoms with Crippen molar-refractivity contribution >= 4 is 28.1 Å². The highest BCUT2D eigenvalue weighted by Gasteiger charge is 2.18. The maximum absolute atomic E-state index is 12.8. The lowest BCUT2D eigenvalue weighted by Crippen LogP contribution is -2.29. The van der Waals surface area contributed by atoms with Crippen LogP contribution in [0.1, 0.15) is 30.5 Å². The molecule has 0 bridgehead atoms. The molecule has 1 aromatic heterocycles. The molecule has 0 radical (unpaired) electrons. The van der Waals surface area contributed by atoms with Gasteiger partial charge in [-0.05, 0) is 69.3 Å². The number of likely N-dealkylation sites (tertiary alicyclic amines) is 1. The van der Waals surface area contributed by atoms with E-state index in [2.05, 4.69) is 20.7 Å². The number of halogens is 1. The number of rotatable bonds is 7. The van der Waals surface area contributed by atoms with E-state index in [1.807, 2.05) is 25.1 Å². The number of hydrogen-bond donors (Lipinski definition) is 2. The van der Waals surface area contributed by atoms with E-state index in [4.69, 9.17) is 4.74 Å². The predicted octanol–water partition coefficient (Wildman–Crippen LogP) is 5.21. The molecule has 0 unspecified atom stereocenters. The highest BCUT2D eigenvalue weighted by atomic mass is 35.5. The van der Waals surface area contributed by atoms with Crippen LogP contribution in [0.4, 0.5) is 5.69 Å². The molecule has 0 saturated carbocycles. The summed E-state index contributed by atoms with van der Waals surface area (Å²) in [5.74, 6) is 0.512. The van der Waals surface area contributed by atoms with Crippen molar-refractivity contribution in [2.45, 2.75) is 37.6 Å². The number of aromatic nitrogens is 1. The van der Waals surface area contributed by atoms with Crippen LogP contribution in [0.3, 0.4) is 0 Å². The van der Waals surface area contributed by atoms with E-state index in [1.165, 1.54) is 19.3 Å². The van der Waals surface area contributed by atoms with Crippen molar-refractivity contribution < 1.29 is 13.2 Å². The van der Waals surface area contributed by atoms with Gasteiger partial charge in [-0.25, -0.2) is 8.42 Å². The van der Waals surface area contributed by atoms with Crippen molar-refractivity contribution in [1.29, 1.82) is 0 Å². The predicted molar refractivity (Wildman–Crippen MR) is 131 cm³/mol. The molecule has 2 N–H and O–H groups in total. The molecule has 2 aromatic carbocycles. The molecule has 2 heterocycles. The first kappa shape index (κ1) is 24.2. The van der Waals surface area contributed by atoms with Crippen LogP contribution in [0, 0.1) is 6.92 Å². The highest BCUT2D eigenvalue weighted by Crippen LogP contribution is 2.32. The van der Waals surface area contributed by atoms with Crippen LogP contribution in [-0.2, 0) is 16.6 Å². The van der Waals surface area contributed by atoms with E-state index in [9.17, 15) is 8.42 Å². The quantitative estimate of drug-likeness (QED) is 0.492. The number of ether oxygens (including phenoxy) is 1. The number of methoxy groups -OCH3 is 1. The zero-order valence-electron chi connectivity index (χ0n) is 18.4. The lowest BCUT2D eigenvalue weighted by molar-refractivity contribution is 0.219. The summed E-state index contributed by atoms with van der Waals surface area (Å²) in [5, 5.41) is 0. The Balaban J connectivity index is 0.00000289. The maximum atomic E-state index is 12.8. The summed E-state index contributed by atoms with van der Waals surface area (Å²) in [4.78, 5) is 6.09. The fourth-order valence-electron chi connectivity index (χ4n) is 3.94. The Bertz CT molecular complexity index is 1140. The van der Waals surface area contributed by atoms with Crippen molar-refractivity contribution in [2.24, 2.45) is 0 Å². The number of H-pyrrole nitrogens is 1. The van der Waals surface area contributed by atoms with Gasteiger partial charge >= 0.3 is 0 Å². The zero-order valence-corrected chi connectivity index (χ0v) is 20.1. The Kier molecular flexibility index (Phi) is 7.87. The minimum absolute atomic E-state index is 0. The largest absolute Gasteiger partial charge is 0.496 e. The lowest BCUT2D eigenvalue weighted by atomic mass is 10.1. The molecule has 0 aliphatic carbocycles. The van der Waals surface area contributed by atoms with Crippen molar-refractivity contribution in [3.8, 4) is 17.0 Å². The van der Waals surface area contributed by atoms with Crippen LogP contribution in [0.25, 0.3) is 11.3 Å². The minimum atomic E-state index is -3.72. The van der Waals surface area contributed by atoms with Crippen LogP contribution >= 0.6 is 12.4 Å². The molecular weight excluding hydrogens is 446 g/mol. The number of piperidine rings is 1. The smallest absolute Gasteiger partial charge is 0.262 e. The number of sulfonamides is 1. The third kappa shape index (κ3) is 5.65. The van der Waals surface area contributed by atoms with E-state index in [0.29, 0.717) is 11.4 Å². The summed E-state index contributed by atoms with van der Waals surface area (Å²) >= 11 is 0. The van der Waals surface area contributed by atoms with E-state index < -0.39 is 10.0 Å². The first-order valence-corrected chi connectivity index (χ1v) is 12.1. The average molecular weight is 476 g/mol. The molecule has 1 fully saturated rings. The first-order chi connectivity index (χ1) is 14.9. The lowest BCUT2D eigenvalue weighted by Gasteiger charge is -2.25. The highest BCUT2D eigenvalue weighted by molar-refractivity contribution is 7.92. The van der Waals surface area contributed by atoms with Crippen molar-refractivity contribution in [3.63, 3.8) is 0 Å². The molecule has 4 rings (SSSR count). The number of benzene rings is 2. The average Bonchev–Trinajstić information content (AvgIpc) is 3.23. The van der Waals surface area contributed by atoms with Gasteiger partial charge in [-0.15, -0.1) is 12.4 Å². The minimum Gasteiger partial charge on any atom is -0.496 e. The molecule has 0 atom stereocenters. The summed E-state index contributed by atoms with van der Waals surface area (Å²) in [6.45, 7) is 5.13. The van der Waals surface area contributed by atoms with Crippen molar-refractivity contribution in [2.75, 3.05) is 24.9 Å². The van der Waals surface area contributed by atoms with Gasteiger partial charge in [0.25, 0.3) is 10.0 Å². The van der Waals surface area contributed by atoms with Gasteiger partial charge in [0.15, 0.2) is 0 Å². The monoisotopic (exact) mass is 475 g/mol. The summed E-state index contributed by atoms with van der Waals surface area (Å²) in [5.41, 5.74) is 4.50. The number of anilines is 1. The van der Waals surface area contributed by atoms with Crippen LogP contribution in [-0.4, -0.2) is 38.5 Å². The van der Waals surface area contributed by atoms with E-state index in [1.54, 1.807) is 37.4 Å². The van der Waals surface area contributed by atoms with Gasteiger partial charge in [-0.2, -0.15) is 0 Å². The van der Waals surface area contributed by atoms with Gasteiger partial charge in [0.05, 0.1) is 12.0 Å². The Morgan fingerprint density at radius 3 is 2.41 bits per heavy atom. The molecule has 0 amide bonds. The summed E-state index contributed by atoms with van der Waals surface area (Å²) in [6.07, 6.45) is 3.83. The molecule has 1 aliphatic rings. The van der Waals surface area contributed by atoms with Gasteiger partial charge in [0.2, 0.25) is 0 Å². The molecule has 3 aromatic rings. The fraction of sp³-hybridized carbons (Fsp3) is 0.333. The number of hydrogen-bond acceptors (Lipinski definition) is 4. The zero-order chi connectivity index (χ0) is 21.8. The van der Waals surface area contributed by atoms with Crippen LogP contribution in [0.5, 0.6) is 5.75 Å². The molecule has 1 aliphatic heterocycles. The van der Waals surface area contributed by atoms with Gasteiger partial charge in [-0.1, -0.05) is 24.1 Å². The Labute approximate surface area is 196 Å². The summed E-state index contributed by atoms with van der Waals surface area (Å²) in [7, 11) is -2.16. The molecule has 0 spiro atoms. The van der Waals surface area contributed by atoms with Crippen LogP contribution < -0.4 is 9.46 Å². The third-order valence-corrected chi connectivity index (χ3v) is 7.05. The summed E-state index contributed by atoms with van der Waals surface area (Å²) in [6, 6.07) is 16.3. The second kappa shape index (κ2) is 10.4. The molecular formula is C24H30ClN3O3S. The maximum Gasteiger partial charge on any atom is 0.262 e.